The average molecular weight is 239 g/mol. The van der Waals surface area contributed by atoms with Gasteiger partial charge in [0.15, 0.2) is 0 Å². The molecule has 0 bridgehead atoms. The molecule has 2 heteroatoms. The van der Waals surface area contributed by atoms with Gasteiger partial charge in [-0.05, 0) is 24.8 Å². The van der Waals surface area contributed by atoms with Gasteiger partial charge in [0.1, 0.15) is 5.01 Å². The van der Waals surface area contributed by atoms with E-state index in [9.17, 15) is 0 Å². The van der Waals surface area contributed by atoms with Crippen LogP contribution in [0, 0.1) is 5.92 Å². The third-order valence-corrected chi connectivity index (χ3v) is 3.68. The lowest BCUT2D eigenvalue weighted by Gasteiger charge is -1.98. The molecular formula is C14H25NS. The van der Waals surface area contributed by atoms with Crippen LogP contribution in [-0.2, 0) is 0 Å². The van der Waals surface area contributed by atoms with E-state index in [0.29, 0.717) is 0 Å². The van der Waals surface area contributed by atoms with Gasteiger partial charge < -0.3 is 0 Å². The third kappa shape index (κ3) is 6.06. The molecule has 0 aliphatic rings. The summed E-state index contributed by atoms with van der Waals surface area (Å²) in [7, 11) is 0. The van der Waals surface area contributed by atoms with Crippen LogP contribution in [0.5, 0.6) is 0 Å². The van der Waals surface area contributed by atoms with E-state index in [2.05, 4.69) is 45.7 Å². The maximum atomic E-state index is 4.21. The van der Waals surface area contributed by atoms with Crippen LogP contribution in [0.2, 0.25) is 0 Å². The summed E-state index contributed by atoms with van der Waals surface area (Å²) in [4.78, 5) is 4.21. The first kappa shape index (κ1) is 15.4. The van der Waals surface area contributed by atoms with Gasteiger partial charge in [-0.1, -0.05) is 46.6 Å². The Morgan fingerprint density at radius 2 is 2.00 bits per heavy atom. The number of hydrogen-bond donors (Lipinski definition) is 0. The second-order valence-corrected chi connectivity index (χ2v) is 4.82. The second kappa shape index (κ2) is 9.59. The van der Waals surface area contributed by atoms with Gasteiger partial charge in [0.2, 0.25) is 0 Å². The van der Waals surface area contributed by atoms with Crippen LogP contribution in [-0.4, -0.2) is 4.98 Å². The van der Waals surface area contributed by atoms with E-state index >= 15 is 0 Å². The van der Waals surface area contributed by atoms with Crippen molar-refractivity contribution < 1.29 is 0 Å². The Morgan fingerprint density at radius 3 is 2.25 bits per heavy atom. The standard InChI is InChI=1S/C8H11NS.C6H14/c1-3-7(4-2)8-9-5-6-10-8;1-4-6(3)5-2/h3,5-6H,4H2,1-2H3;6H,4-5H2,1-3H3/b7-3-;. The van der Waals surface area contributed by atoms with Crippen molar-refractivity contribution in [1.29, 1.82) is 0 Å². The van der Waals surface area contributed by atoms with E-state index in [4.69, 9.17) is 0 Å². The lowest BCUT2D eigenvalue weighted by Crippen LogP contribution is -1.85. The first-order valence-electron chi connectivity index (χ1n) is 6.24. The Balaban J connectivity index is 0.000000325. The van der Waals surface area contributed by atoms with Crippen LogP contribution in [0.15, 0.2) is 17.7 Å². The van der Waals surface area contributed by atoms with Crippen molar-refractivity contribution in [2.75, 3.05) is 0 Å². The Morgan fingerprint density at radius 1 is 1.38 bits per heavy atom. The molecule has 0 atom stereocenters. The molecule has 0 unspecified atom stereocenters. The molecule has 1 aromatic rings. The van der Waals surface area contributed by atoms with Gasteiger partial charge in [-0.2, -0.15) is 0 Å². The van der Waals surface area contributed by atoms with Crippen molar-refractivity contribution in [3.05, 3.63) is 22.7 Å². The third-order valence-electron chi connectivity index (χ3n) is 2.83. The van der Waals surface area contributed by atoms with E-state index < -0.39 is 0 Å². The van der Waals surface area contributed by atoms with E-state index in [1.165, 1.54) is 18.4 Å². The van der Waals surface area contributed by atoms with Gasteiger partial charge in [-0.3, -0.25) is 0 Å². The van der Waals surface area contributed by atoms with Gasteiger partial charge in [0.05, 0.1) is 0 Å². The van der Waals surface area contributed by atoms with Crippen molar-refractivity contribution >= 4 is 16.9 Å². The Kier molecular flexibility index (Phi) is 9.21. The van der Waals surface area contributed by atoms with Gasteiger partial charge in [0, 0.05) is 11.6 Å². The molecule has 0 aromatic carbocycles. The van der Waals surface area contributed by atoms with E-state index in [1.54, 1.807) is 11.3 Å². The number of aromatic nitrogens is 1. The van der Waals surface area contributed by atoms with Crippen molar-refractivity contribution in [2.45, 2.75) is 53.9 Å². The van der Waals surface area contributed by atoms with Crippen molar-refractivity contribution in [2.24, 2.45) is 5.92 Å². The van der Waals surface area contributed by atoms with Crippen LogP contribution in [0.25, 0.3) is 5.57 Å². The monoisotopic (exact) mass is 239 g/mol. The topological polar surface area (TPSA) is 12.9 Å². The minimum Gasteiger partial charge on any atom is -0.245 e. The molecular weight excluding hydrogens is 214 g/mol. The molecule has 0 radical (unpaired) electrons. The van der Waals surface area contributed by atoms with Crippen LogP contribution in [0.4, 0.5) is 0 Å². The molecule has 1 rings (SSSR count). The lowest BCUT2D eigenvalue weighted by atomic mass is 10.1. The van der Waals surface area contributed by atoms with E-state index in [1.807, 2.05) is 11.6 Å². The van der Waals surface area contributed by atoms with Crippen LogP contribution in [0.1, 0.15) is 58.9 Å². The first-order chi connectivity index (χ1) is 7.69. The molecule has 92 valence electrons. The summed E-state index contributed by atoms with van der Waals surface area (Å²) in [5, 5.41) is 3.17. The number of hydrogen-bond acceptors (Lipinski definition) is 2. The fraction of sp³-hybridized carbons (Fsp3) is 0.643. The largest absolute Gasteiger partial charge is 0.245 e. The summed E-state index contributed by atoms with van der Waals surface area (Å²) >= 11 is 1.70. The van der Waals surface area contributed by atoms with Crippen LogP contribution >= 0.6 is 11.3 Å². The highest BCUT2D eigenvalue weighted by atomic mass is 32.1. The SMILES string of the molecule is C/C=C(/CC)c1nccs1.CCC(C)CC. The molecule has 0 aliphatic heterocycles. The number of rotatable bonds is 4. The zero-order valence-corrected chi connectivity index (χ0v) is 12.1. The van der Waals surface area contributed by atoms with Gasteiger partial charge in [-0.25, -0.2) is 4.98 Å². The predicted molar refractivity (Wildman–Crippen MR) is 75.8 cm³/mol. The van der Waals surface area contributed by atoms with E-state index in [0.717, 1.165) is 17.3 Å². The summed E-state index contributed by atoms with van der Waals surface area (Å²) in [6.07, 6.45) is 7.70. The number of thiazole rings is 1. The van der Waals surface area contributed by atoms with Crippen molar-refractivity contribution in [3.8, 4) is 0 Å². The molecule has 1 heterocycles. The number of nitrogens with zero attached hydrogens (tertiary/aromatic N) is 1. The summed E-state index contributed by atoms with van der Waals surface area (Å²) < 4.78 is 0. The number of allylic oxidation sites excluding steroid dienone is 2. The van der Waals surface area contributed by atoms with Gasteiger partial charge >= 0.3 is 0 Å². The molecule has 0 fully saturated rings. The lowest BCUT2D eigenvalue weighted by molar-refractivity contribution is 0.544. The second-order valence-electron chi connectivity index (χ2n) is 3.93. The maximum absolute atomic E-state index is 4.21. The fourth-order valence-corrected chi connectivity index (χ4v) is 1.94. The van der Waals surface area contributed by atoms with E-state index in [-0.39, 0.29) is 0 Å². The Hall–Kier alpha value is -0.630. The van der Waals surface area contributed by atoms with Crippen LogP contribution < -0.4 is 0 Å². The van der Waals surface area contributed by atoms with Crippen molar-refractivity contribution in [1.82, 2.24) is 4.98 Å². The zero-order chi connectivity index (χ0) is 12.4. The molecule has 1 aromatic heterocycles. The minimum absolute atomic E-state index is 0.935. The quantitative estimate of drug-likeness (QED) is 0.685. The van der Waals surface area contributed by atoms with Gasteiger partial charge in [0.25, 0.3) is 0 Å². The highest BCUT2D eigenvalue weighted by molar-refractivity contribution is 7.10. The molecule has 16 heavy (non-hydrogen) atoms. The summed E-state index contributed by atoms with van der Waals surface area (Å²) in [5.74, 6) is 0.935. The molecule has 0 spiro atoms. The Bertz CT molecular complexity index is 271. The fourth-order valence-electron chi connectivity index (χ4n) is 1.15. The predicted octanol–water partition coefficient (Wildman–Crippen LogP) is 5.40. The Labute approximate surface area is 105 Å². The molecule has 0 saturated carbocycles. The smallest absolute Gasteiger partial charge is 0.118 e. The zero-order valence-electron chi connectivity index (χ0n) is 11.3. The van der Waals surface area contributed by atoms with Gasteiger partial charge in [-0.15, -0.1) is 11.3 Å². The highest BCUT2D eigenvalue weighted by Crippen LogP contribution is 2.19. The van der Waals surface area contributed by atoms with Crippen LogP contribution in [0.3, 0.4) is 0 Å². The molecule has 0 N–H and O–H groups in total. The highest BCUT2D eigenvalue weighted by Gasteiger charge is 1.98. The molecule has 0 amide bonds. The maximum Gasteiger partial charge on any atom is 0.118 e. The molecule has 1 nitrogen and oxygen atoms in total. The molecule has 0 saturated heterocycles. The average Bonchev–Trinajstić information content (AvgIpc) is 2.84. The summed E-state index contributed by atoms with van der Waals surface area (Å²) in [6.45, 7) is 10.9. The summed E-state index contributed by atoms with van der Waals surface area (Å²) in [6, 6.07) is 0. The van der Waals surface area contributed by atoms with Crippen molar-refractivity contribution in [3.63, 3.8) is 0 Å². The normalized spacial score (nSPS) is 11.2. The molecule has 0 aliphatic carbocycles. The summed E-state index contributed by atoms with van der Waals surface area (Å²) in [5.41, 5.74) is 1.34. The first-order valence-corrected chi connectivity index (χ1v) is 7.12. The minimum atomic E-state index is 0.935.